The third kappa shape index (κ3) is 3.85. The molecule has 0 spiro atoms. The van der Waals surface area contributed by atoms with Crippen molar-refractivity contribution in [3.8, 4) is 11.8 Å². The molecule has 6 heteroatoms. The van der Waals surface area contributed by atoms with E-state index in [0.29, 0.717) is 24.5 Å². The second-order valence-electron chi connectivity index (χ2n) is 5.91. The maximum Gasteiger partial charge on any atom is 0.410 e. The number of likely N-dealkylation sites (tertiary alicyclic amines) is 1. The van der Waals surface area contributed by atoms with E-state index in [-0.39, 0.29) is 12.1 Å². The van der Waals surface area contributed by atoms with Gasteiger partial charge in [0, 0.05) is 12.7 Å². The highest BCUT2D eigenvalue weighted by Gasteiger charge is 2.35. The molecule has 0 radical (unpaired) electrons. The highest BCUT2D eigenvalue weighted by Crippen LogP contribution is 2.23. The van der Waals surface area contributed by atoms with E-state index in [1.54, 1.807) is 17.2 Å². The first-order valence-corrected chi connectivity index (χ1v) is 6.87. The van der Waals surface area contributed by atoms with Crippen LogP contribution in [0.1, 0.15) is 32.8 Å². The van der Waals surface area contributed by atoms with E-state index in [1.807, 2.05) is 20.8 Å². The Morgan fingerprint density at radius 1 is 1.57 bits per heavy atom. The van der Waals surface area contributed by atoms with Crippen LogP contribution in [0, 0.1) is 11.3 Å². The summed E-state index contributed by atoms with van der Waals surface area (Å²) in [4.78, 5) is 17.6. The Morgan fingerprint density at radius 2 is 2.33 bits per heavy atom. The summed E-state index contributed by atoms with van der Waals surface area (Å²) in [5.41, 5.74) is -0.0665. The molecular weight excluding hydrogens is 270 g/mol. The standard InChI is InChI=1S/C15H19N3O3/c1-15(2,3)21-14(19)18-7-5-12(18)10-20-13-9-17-6-4-11(13)8-16/h4,6,9,12H,5,7,10H2,1-3H3/t12-/m1/s1. The number of amides is 1. The molecule has 0 unspecified atom stereocenters. The van der Waals surface area contributed by atoms with Crippen molar-refractivity contribution in [2.75, 3.05) is 13.2 Å². The molecule has 2 rings (SSSR count). The van der Waals surface area contributed by atoms with Gasteiger partial charge >= 0.3 is 6.09 Å². The minimum absolute atomic E-state index is 0.0217. The van der Waals surface area contributed by atoms with Crippen molar-refractivity contribution in [2.45, 2.75) is 38.8 Å². The fourth-order valence-electron chi connectivity index (χ4n) is 1.95. The molecule has 6 nitrogen and oxygen atoms in total. The number of pyridine rings is 1. The number of aromatic nitrogens is 1. The molecule has 0 N–H and O–H groups in total. The first kappa shape index (κ1) is 15.1. The van der Waals surface area contributed by atoms with E-state index in [1.165, 1.54) is 6.20 Å². The zero-order chi connectivity index (χ0) is 15.5. The van der Waals surface area contributed by atoms with Gasteiger partial charge in [0.1, 0.15) is 18.3 Å². The molecule has 1 saturated heterocycles. The quantitative estimate of drug-likeness (QED) is 0.853. The van der Waals surface area contributed by atoms with Gasteiger partial charge in [-0.05, 0) is 33.3 Å². The monoisotopic (exact) mass is 289 g/mol. The maximum atomic E-state index is 12.0. The lowest BCUT2D eigenvalue weighted by Gasteiger charge is -2.41. The molecule has 0 saturated carbocycles. The molecule has 1 amide bonds. The van der Waals surface area contributed by atoms with Crippen LogP contribution >= 0.6 is 0 Å². The van der Waals surface area contributed by atoms with Gasteiger partial charge in [-0.3, -0.25) is 4.98 Å². The van der Waals surface area contributed by atoms with Crippen LogP contribution in [-0.2, 0) is 4.74 Å². The molecule has 0 aromatic carbocycles. The van der Waals surface area contributed by atoms with Crippen LogP contribution in [0.3, 0.4) is 0 Å². The number of carbonyl (C=O) groups is 1. The lowest BCUT2D eigenvalue weighted by Crippen LogP contribution is -2.55. The highest BCUT2D eigenvalue weighted by atomic mass is 16.6. The van der Waals surface area contributed by atoms with E-state index in [4.69, 9.17) is 14.7 Å². The van der Waals surface area contributed by atoms with Crippen molar-refractivity contribution in [1.29, 1.82) is 5.26 Å². The average molecular weight is 289 g/mol. The first-order chi connectivity index (χ1) is 9.90. The Hall–Kier alpha value is -2.29. The van der Waals surface area contributed by atoms with E-state index in [9.17, 15) is 4.79 Å². The van der Waals surface area contributed by atoms with Gasteiger partial charge in [0.05, 0.1) is 17.8 Å². The number of nitrogens with zero attached hydrogens (tertiary/aromatic N) is 3. The summed E-state index contributed by atoms with van der Waals surface area (Å²) in [6.07, 6.45) is 3.59. The number of hydrogen-bond donors (Lipinski definition) is 0. The molecule has 2 heterocycles. The summed E-state index contributed by atoms with van der Waals surface area (Å²) in [6.45, 7) is 6.52. The van der Waals surface area contributed by atoms with Crippen LogP contribution in [0.15, 0.2) is 18.5 Å². The number of carbonyl (C=O) groups excluding carboxylic acids is 1. The molecule has 112 valence electrons. The average Bonchev–Trinajstić information content (AvgIpc) is 2.35. The van der Waals surface area contributed by atoms with Crippen molar-refractivity contribution < 1.29 is 14.3 Å². The molecule has 1 fully saturated rings. The Morgan fingerprint density at radius 3 is 2.90 bits per heavy atom. The van der Waals surface area contributed by atoms with Crippen molar-refractivity contribution >= 4 is 6.09 Å². The van der Waals surface area contributed by atoms with Crippen LogP contribution in [-0.4, -0.2) is 40.8 Å². The Bertz CT molecular complexity index is 560. The largest absolute Gasteiger partial charge is 0.488 e. The van der Waals surface area contributed by atoms with E-state index in [0.717, 1.165) is 6.42 Å². The van der Waals surface area contributed by atoms with Crippen molar-refractivity contribution in [3.63, 3.8) is 0 Å². The third-order valence-electron chi connectivity index (χ3n) is 3.11. The van der Waals surface area contributed by atoms with Crippen LogP contribution in [0.25, 0.3) is 0 Å². The van der Waals surface area contributed by atoms with E-state index in [2.05, 4.69) is 11.1 Å². The summed E-state index contributed by atoms with van der Waals surface area (Å²) in [5, 5.41) is 8.98. The first-order valence-electron chi connectivity index (χ1n) is 6.87. The summed E-state index contributed by atoms with van der Waals surface area (Å²) < 4.78 is 10.9. The summed E-state index contributed by atoms with van der Waals surface area (Å²) >= 11 is 0. The van der Waals surface area contributed by atoms with Gasteiger partial charge in [-0.15, -0.1) is 0 Å². The minimum Gasteiger partial charge on any atom is -0.488 e. The van der Waals surface area contributed by atoms with Gasteiger partial charge in [-0.2, -0.15) is 5.26 Å². The van der Waals surface area contributed by atoms with Gasteiger partial charge in [0.25, 0.3) is 0 Å². The van der Waals surface area contributed by atoms with E-state index < -0.39 is 5.60 Å². The Kier molecular flexibility index (Phi) is 4.32. The van der Waals surface area contributed by atoms with Gasteiger partial charge in [0.15, 0.2) is 5.75 Å². The van der Waals surface area contributed by atoms with Gasteiger partial charge in [-0.25, -0.2) is 4.79 Å². The molecule has 1 aliphatic heterocycles. The summed E-state index contributed by atoms with van der Waals surface area (Å²) in [6, 6.07) is 3.63. The molecule has 0 aliphatic carbocycles. The normalized spacial score (nSPS) is 17.6. The van der Waals surface area contributed by atoms with Crippen LogP contribution < -0.4 is 4.74 Å². The maximum absolute atomic E-state index is 12.0. The second kappa shape index (κ2) is 6.00. The fraction of sp³-hybridized carbons (Fsp3) is 0.533. The smallest absolute Gasteiger partial charge is 0.410 e. The lowest BCUT2D eigenvalue weighted by atomic mass is 10.1. The predicted octanol–water partition coefficient (Wildman–Crippen LogP) is 2.34. The second-order valence-corrected chi connectivity index (χ2v) is 5.91. The molecular formula is C15H19N3O3. The molecule has 0 bridgehead atoms. The van der Waals surface area contributed by atoms with E-state index >= 15 is 0 Å². The number of hydrogen-bond acceptors (Lipinski definition) is 5. The van der Waals surface area contributed by atoms with Crippen LogP contribution in [0.4, 0.5) is 4.79 Å². The topological polar surface area (TPSA) is 75.4 Å². The number of rotatable bonds is 3. The summed E-state index contributed by atoms with van der Waals surface area (Å²) in [7, 11) is 0. The van der Waals surface area contributed by atoms with Crippen LogP contribution in [0.2, 0.25) is 0 Å². The molecule has 1 aromatic rings. The highest BCUT2D eigenvalue weighted by molar-refractivity contribution is 5.69. The number of nitriles is 1. The van der Waals surface area contributed by atoms with Crippen LogP contribution in [0.5, 0.6) is 5.75 Å². The van der Waals surface area contributed by atoms with Gasteiger partial charge in [-0.1, -0.05) is 0 Å². The Balaban J connectivity index is 1.90. The molecule has 21 heavy (non-hydrogen) atoms. The van der Waals surface area contributed by atoms with Crippen molar-refractivity contribution in [2.24, 2.45) is 0 Å². The molecule has 1 aliphatic rings. The summed E-state index contributed by atoms with van der Waals surface area (Å²) in [5.74, 6) is 0.441. The SMILES string of the molecule is CC(C)(C)OC(=O)N1CC[C@@H]1COc1cnccc1C#N. The molecule has 1 atom stereocenters. The van der Waals surface area contributed by atoms with Gasteiger partial charge in [0.2, 0.25) is 0 Å². The number of ether oxygens (including phenoxy) is 2. The Labute approximate surface area is 124 Å². The zero-order valence-corrected chi connectivity index (χ0v) is 12.5. The van der Waals surface area contributed by atoms with Crippen molar-refractivity contribution in [1.82, 2.24) is 9.88 Å². The van der Waals surface area contributed by atoms with Crippen molar-refractivity contribution in [3.05, 3.63) is 24.0 Å². The fourth-order valence-corrected chi connectivity index (χ4v) is 1.95. The molecule has 1 aromatic heterocycles. The third-order valence-corrected chi connectivity index (χ3v) is 3.11. The lowest BCUT2D eigenvalue weighted by molar-refractivity contribution is -0.0141. The zero-order valence-electron chi connectivity index (χ0n) is 12.5. The minimum atomic E-state index is -0.505. The predicted molar refractivity (Wildman–Crippen MR) is 75.8 cm³/mol. The van der Waals surface area contributed by atoms with Gasteiger partial charge < -0.3 is 14.4 Å².